The highest BCUT2D eigenvalue weighted by molar-refractivity contribution is 5.92. The molecule has 0 fully saturated rings. The van der Waals surface area contributed by atoms with Crippen LogP contribution in [0.5, 0.6) is 5.75 Å². The molecule has 1 atom stereocenters. The maximum Gasteiger partial charge on any atom is 0.273 e. The van der Waals surface area contributed by atoms with E-state index in [-0.39, 0.29) is 30.0 Å². The first kappa shape index (κ1) is 19.5. The summed E-state index contributed by atoms with van der Waals surface area (Å²) >= 11 is 0. The number of benzene rings is 1. The van der Waals surface area contributed by atoms with Crippen LogP contribution in [0.3, 0.4) is 0 Å². The average molecular weight is 387 g/mol. The van der Waals surface area contributed by atoms with Gasteiger partial charge in [-0.25, -0.2) is 9.37 Å². The van der Waals surface area contributed by atoms with Crippen LogP contribution in [-0.2, 0) is 13.0 Å². The Hall–Kier alpha value is -3.29. The number of hydrogen-bond donors (Lipinski definition) is 1. The maximum atomic E-state index is 13.6. The van der Waals surface area contributed by atoms with Crippen LogP contribution in [0.25, 0.3) is 0 Å². The van der Waals surface area contributed by atoms with Gasteiger partial charge < -0.3 is 14.5 Å². The molecule has 1 aromatic carbocycles. The third kappa shape index (κ3) is 4.91. The second-order valence-electron chi connectivity index (χ2n) is 6.32. The summed E-state index contributed by atoms with van der Waals surface area (Å²) in [4.78, 5) is 20.7. The van der Waals surface area contributed by atoms with Gasteiger partial charge in [0.2, 0.25) is 11.7 Å². The SMILES string of the molecule is Cc1cccc(C[C@@H](C)NC(=O)c2coc(COc3cccc(F)c3F)n2)n1. The van der Waals surface area contributed by atoms with Gasteiger partial charge in [0.25, 0.3) is 5.91 Å². The number of amides is 1. The van der Waals surface area contributed by atoms with Crippen LogP contribution < -0.4 is 10.1 Å². The molecule has 0 saturated carbocycles. The minimum absolute atomic E-state index is 0.0711. The molecular formula is C20H19F2N3O3. The molecule has 0 saturated heterocycles. The fourth-order valence-corrected chi connectivity index (χ4v) is 2.59. The summed E-state index contributed by atoms with van der Waals surface area (Å²) in [6.45, 7) is 3.52. The molecule has 1 amide bonds. The normalized spacial score (nSPS) is 11.9. The number of carbonyl (C=O) groups is 1. The Morgan fingerprint density at radius 3 is 2.79 bits per heavy atom. The molecule has 2 heterocycles. The van der Waals surface area contributed by atoms with Crippen molar-refractivity contribution in [2.75, 3.05) is 0 Å². The van der Waals surface area contributed by atoms with Crippen LogP contribution >= 0.6 is 0 Å². The monoisotopic (exact) mass is 387 g/mol. The number of halogens is 2. The van der Waals surface area contributed by atoms with Crippen molar-refractivity contribution in [3.63, 3.8) is 0 Å². The zero-order valence-electron chi connectivity index (χ0n) is 15.4. The topological polar surface area (TPSA) is 77.2 Å². The number of carbonyl (C=O) groups excluding carboxylic acids is 1. The third-order valence-electron chi connectivity index (χ3n) is 3.89. The van der Waals surface area contributed by atoms with Crippen molar-refractivity contribution in [3.05, 3.63) is 77.3 Å². The third-order valence-corrected chi connectivity index (χ3v) is 3.89. The average Bonchev–Trinajstić information content (AvgIpc) is 3.12. The minimum atomic E-state index is -1.09. The van der Waals surface area contributed by atoms with Crippen molar-refractivity contribution in [2.24, 2.45) is 0 Å². The van der Waals surface area contributed by atoms with Gasteiger partial charge in [0.1, 0.15) is 6.26 Å². The molecule has 0 bridgehead atoms. The van der Waals surface area contributed by atoms with E-state index in [2.05, 4.69) is 15.3 Å². The zero-order chi connectivity index (χ0) is 20.1. The molecule has 0 aliphatic carbocycles. The molecule has 0 unspecified atom stereocenters. The number of hydrogen-bond acceptors (Lipinski definition) is 5. The van der Waals surface area contributed by atoms with Crippen molar-refractivity contribution in [1.82, 2.24) is 15.3 Å². The highest BCUT2D eigenvalue weighted by Gasteiger charge is 2.16. The number of aromatic nitrogens is 2. The van der Waals surface area contributed by atoms with E-state index >= 15 is 0 Å². The summed E-state index contributed by atoms with van der Waals surface area (Å²) in [5.41, 5.74) is 1.86. The summed E-state index contributed by atoms with van der Waals surface area (Å²) in [5.74, 6) is -2.70. The summed E-state index contributed by atoms with van der Waals surface area (Å²) in [6.07, 6.45) is 1.76. The first-order valence-corrected chi connectivity index (χ1v) is 8.67. The van der Waals surface area contributed by atoms with Crippen molar-refractivity contribution in [1.29, 1.82) is 0 Å². The number of ether oxygens (including phenoxy) is 1. The maximum absolute atomic E-state index is 13.6. The quantitative estimate of drug-likeness (QED) is 0.670. The van der Waals surface area contributed by atoms with Crippen molar-refractivity contribution in [3.8, 4) is 5.75 Å². The van der Waals surface area contributed by atoms with E-state index in [1.165, 1.54) is 18.4 Å². The van der Waals surface area contributed by atoms with Crippen LogP contribution in [0, 0.1) is 18.6 Å². The summed E-state index contributed by atoms with van der Waals surface area (Å²) < 4.78 is 37.1. The van der Waals surface area contributed by atoms with Gasteiger partial charge in [-0.15, -0.1) is 0 Å². The largest absolute Gasteiger partial charge is 0.481 e. The van der Waals surface area contributed by atoms with Crippen LogP contribution in [0.4, 0.5) is 8.78 Å². The number of rotatable bonds is 7. The zero-order valence-corrected chi connectivity index (χ0v) is 15.4. The molecule has 146 valence electrons. The van der Waals surface area contributed by atoms with Gasteiger partial charge in [0, 0.05) is 23.9 Å². The van der Waals surface area contributed by atoms with Crippen LogP contribution in [0.2, 0.25) is 0 Å². The molecule has 2 aromatic heterocycles. The predicted octanol–water partition coefficient (Wildman–Crippen LogP) is 3.60. The molecule has 6 nitrogen and oxygen atoms in total. The van der Waals surface area contributed by atoms with Gasteiger partial charge in [0.15, 0.2) is 23.9 Å². The number of nitrogens with zero attached hydrogens (tertiary/aromatic N) is 2. The van der Waals surface area contributed by atoms with Crippen LogP contribution in [-0.4, -0.2) is 21.9 Å². The molecule has 8 heteroatoms. The Kier molecular flexibility index (Phi) is 5.98. The summed E-state index contributed by atoms with van der Waals surface area (Å²) in [5, 5.41) is 2.82. The Morgan fingerprint density at radius 1 is 1.21 bits per heavy atom. The first-order valence-electron chi connectivity index (χ1n) is 8.67. The smallest absolute Gasteiger partial charge is 0.273 e. The van der Waals surface area contributed by atoms with Gasteiger partial charge in [-0.2, -0.15) is 4.39 Å². The predicted molar refractivity (Wildman–Crippen MR) is 96.8 cm³/mol. The molecule has 0 spiro atoms. The Labute approximate surface area is 160 Å². The van der Waals surface area contributed by atoms with E-state index in [0.29, 0.717) is 6.42 Å². The van der Waals surface area contributed by atoms with Gasteiger partial charge in [-0.3, -0.25) is 9.78 Å². The standard InChI is InChI=1S/C20H19F2N3O3/c1-12-5-3-6-14(23-12)9-13(2)24-20(26)16-10-28-18(25-16)11-27-17-8-4-7-15(21)19(17)22/h3-8,10,13H,9,11H2,1-2H3,(H,24,26)/t13-/m1/s1. The highest BCUT2D eigenvalue weighted by Crippen LogP contribution is 2.20. The molecule has 0 aliphatic heterocycles. The van der Waals surface area contributed by atoms with Crippen LogP contribution in [0.1, 0.15) is 34.7 Å². The molecule has 3 aromatic rings. The second kappa shape index (κ2) is 8.60. The van der Waals surface area contributed by atoms with E-state index < -0.39 is 17.5 Å². The lowest BCUT2D eigenvalue weighted by molar-refractivity contribution is 0.0935. The Morgan fingerprint density at radius 2 is 2.00 bits per heavy atom. The van der Waals surface area contributed by atoms with Crippen molar-refractivity contribution in [2.45, 2.75) is 32.9 Å². The number of nitrogens with one attached hydrogen (secondary N) is 1. The van der Waals surface area contributed by atoms with Gasteiger partial charge in [0.05, 0.1) is 0 Å². The van der Waals surface area contributed by atoms with E-state index in [1.54, 1.807) is 0 Å². The molecule has 0 aliphatic rings. The first-order chi connectivity index (χ1) is 13.4. The second-order valence-corrected chi connectivity index (χ2v) is 6.32. The highest BCUT2D eigenvalue weighted by atomic mass is 19.2. The Balaban J connectivity index is 1.55. The number of pyridine rings is 1. The van der Waals surface area contributed by atoms with Crippen molar-refractivity contribution >= 4 is 5.91 Å². The lowest BCUT2D eigenvalue weighted by atomic mass is 10.1. The molecule has 3 rings (SSSR count). The van der Waals surface area contributed by atoms with Gasteiger partial charge in [-0.1, -0.05) is 12.1 Å². The Bertz CT molecular complexity index is 975. The van der Waals surface area contributed by atoms with E-state index in [9.17, 15) is 13.6 Å². The van der Waals surface area contributed by atoms with Gasteiger partial charge >= 0.3 is 0 Å². The molecule has 1 N–H and O–H groups in total. The van der Waals surface area contributed by atoms with Crippen molar-refractivity contribution < 1.29 is 22.7 Å². The number of aryl methyl sites for hydroxylation is 1. The fraction of sp³-hybridized carbons (Fsp3) is 0.250. The van der Waals surface area contributed by atoms with Gasteiger partial charge in [-0.05, 0) is 38.1 Å². The summed E-state index contributed by atoms with van der Waals surface area (Å²) in [7, 11) is 0. The summed E-state index contributed by atoms with van der Waals surface area (Å²) in [6, 6.07) is 9.15. The number of oxazole rings is 1. The van der Waals surface area contributed by atoms with E-state index in [4.69, 9.17) is 9.15 Å². The lowest BCUT2D eigenvalue weighted by Crippen LogP contribution is -2.34. The minimum Gasteiger partial charge on any atom is -0.481 e. The van der Waals surface area contributed by atoms with E-state index in [0.717, 1.165) is 17.5 Å². The fourth-order valence-electron chi connectivity index (χ4n) is 2.59. The molecule has 28 heavy (non-hydrogen) atoms. The molecular weight excluding hydrogens is 368 g/mol. The van der Waals surface area contributed by atoms with Crippen LogP contribution in [0.15, 0.2) is 47.1 Å². The lowest BCUT2D eigenvalue weighted by Gasteiger charge is -2.12. The van der Waals surface area contributed by atoms with E-state index in [1.807, 2.05) is 32.0 Å². The molecule has 0 radical (unpaired) electrons.